The normalized spacial score (nSPS) is 22.5. The number of azide groups is 2. The van der Waals surface area contributed by atoms with Crippen LogP contribution in [0.25, 0.3) is 20.9 Å². The zero-order chi connectivity index (χ0) is 9.52. The van der Waals surface area contributed by atoms with Crippen molar-refractivity contribution < 1.29 is 0 Å². The lowest BCUT2D eigenvalue weighted by Gasteiger charge is -2.16. The van der Waals surface area contributed by atoms with Crippen LogP contribution in [0.3, 0.4) is 0 Å². The minimum absolute atomic E-state index is 0.302. The summed E-state index contributed by atoms with van der Waals surface area (Å²) in [6.07, 6.45) is 3.55. The molecule has 13 heavy (non-hydrogen) atoms. The molecule has 1 atom stereocenters. The Morgan fingerprint density at radius 2 is 2.00 bits per heavy atom. The second-order valence-corrected chi connectivity index (χ2v) is 2.88. The van der Waals surface area contributed by atoms with Gasteiger partial charge in [0, 0.05) is 4.91 Å². The first-order valence-electron chi connectivity index (χ1n) is 4.24. The van der Waals surface area contributed by atoms with Crippen molar-refractivity contribution in [3.05, 3.63) is 20.9 Å². The van der Waals surface area contributed by atoms with Gasteiger partial charge in [0.2, 0.25) is 0 Å². The average molecular weight is 181 g/mol. The van der Waals surface area contributed by atoms with Gasteiger partial charge in [0.1, 0.15) is 0 Å². The predicted molar refractivity (Wildman–Crippen MR) is 47.3 cm³/mol. The fraction of sp³-hybridized carbons (Fsp3) is 1.00. The molecular formula is C6H11N7. The lowest BCUT2D eigenvalue weighted by molar-refractivity contribution is 0.209. The Morgan fingerprint density at radius 1 is 1.15 bits per heavy atom. The van der Waals surface area contributed by atoms with E-state index in [4.69, 9.17) is 11.1 Å². The average Bonchev–Trinajstić information content (AvgIpc) is 2.33. The summed E-state index contributed by atoms with van der Waals surface area (Å²) in [6, 6.07) is 0. The van der Waals surface area contributed by atoms with Gasteiger partial charge in [-0.1, -0.05) is 0 Å². The summed E-state index contributed by atoms with van der Waals surface area (Å²) in [5, 5.41) is 8.60. The minimum atomic E-state index is -0.302. The van der Waals surface area contributed by atoms with Gasteiger partial charge in [0.25, 0.3) is 0 Å². The highest BCUT2D eigenvalue weighted by molar-refractivity contribution is 4.71. The third kappa shape index (κ3) is 2.74. The quantitative estimate of drug-likeness (QED) is 0.365. The van der Waals surface area contributed by atoms with E-state index in [-0.39, 0.29) is 6.17 Å². The van der Waals surface area contributed by atoms with Gasteiger partial charge in [-0.05, 0) is 41.6 Å². The van der Waals surface area contributed by atoms with Crippen LogP contribution in [-0.2, 0) is 0 Å². The van der Waals surface area contributed by atoms with Crippen molar-refractivity contribution >= 4 is 0 Å². The highest BCUT2D eigenvalue weighted by atomic mass is 15.6. The summed E-state index contributed by atoms with van der Waals surface area (Å²) in [6.45, 7) is 0.674. The monoisotopic (exact) mass is 181 g/mol. The smallest absolute Gasteiger partial charge is 0.178 e. The molecule has 1 rings (SSSR count). The Labute approximate surface area is 75.6 Å². The standard InChI is InChI=1S/C6H11N7/c7-10-9-6-4-2-1-3-5-13(6)12-11-8/h6H,1-5H2. The van der Waals surface area contributed by atoms with Crippen LogP contribution in [0.4, 0.5) is 0 Å². The Morgan fingerprint density at radius 3 is 2.69 bits per heavy atom. The molecule has 0 aromatic carbocycles. The van der Waals surface area contributed by atoms with Crippen molar-refractivity contribution in [2.75, 3.05) is 6.54 Å². The van der Waals surface area contributed by atoms with Crippen LogP contribution in [0.2, 0.25) is 0 Å². The van der Waals surface area contributed by atoms with E-state index in [2.05, 4.69) is 20.2 Å². The molecule has 0 radical (unpaired) electrons. The van der Waals surface area contributed by atoms with Gasteiger partial charge >= 0.3 is 0 Å². The maximum absolute atomic E-state index is 8.29. The van der Waals surface area contributed by atoms with Gasteiger partial charge in [0.05, 0.1) is 6.54 Å². The van der Waals surface area contributed by atoms with Crippen LogP contribution >= 0.6 is 0 Å². The fourth-order valence-electron chi connectivity index (χ4n) is 1.41. The van der Waals surface area contributed by atoms with Crippen molar-refractivity contribution in [3.63, 3.8) is 0 Å². The summed E-state index contributed by atoms with van der Waals surface area (Å²) in [5.41, 5.74) is 16.6. The highest BCUT2D eigenvalue weighted by Gasteiger charge is 2.20. The molecule has 7 heteroatoms. The van der Waals surface area contributed by atoms with Crippen molar-refractivity contribution in [2.24, 2.45) is 10.3 Å². The number of rotatable bonds is 2. The zero-order valence-corrected chi connectivity index (χ0v) is 7.24. The molecule has 0 amide bonds. The van der Waals surface area contributed by atoms with E-state index in [0.29, 0.717) is 6.54 Å². The Balaban J connectivity index is 2.71. The highest BCUT2D eigenvalue weighted by Crippen LogP contribution is 2.17. The van der Waals surface area contributed by atoms with Gasteiger partial charge in [0.15, 0.2) is 6.17 Å². The van der Waals surface area contributed by atoms with E-state index in [0.717, 1.165) is 25.7 Å². The SMILES string of the molecule is [N-]=[N+]=NC1CCCCCN1N=[N+]=[N-]. The maximum Gasteiger partial charge on any atom is 0.178 e. The van der Waals surface area contributed by atoms with Crippen molar-refractivity contribution in [1.29, 1.82) is 0 Å². The molecule has 1 aliphatic rings. The molecule has 0 aromatic rings. The second-order valence-electron chi connectivity index (χ2n) is 2.88. The molecule has 1 unspecified atom stereocenters. The molecule has 1 saturated heterocycles. The second kappa shape index (κ2) is 5.13. The zero-order valence-electron chi connectivity index (χ0n) is 7.24. The molecule has 1 aliphatic heterocycles. The van der Waals surface area contributed by atoms with E-state index in [1.54, 1.807) is 0 Å². The summed E-state index contributed by atoms with van der Waals surface area (Å²) in [7, 11) is 0. The Bertz CT molecular complexity index is 224. The van der Waals surface area contributed by atoms with Crippen LogP contribution < -0.4 is 0 Å². The third-order valence-corrected chi connectivity index (χ3v) is 2.03. The van der Waals surface area contributed by atoms with E-state index in [1.807, 2.05) is 0 Å². The van der Waals surface area contributed by atoms with Crippen LogP contribution in [0.15, 0.2) is 10.3 Å². The first-order valence-corrected chi connectivity index (χ1v) is 4.24. The molecule has 70 valence electrons. The molecular weight excluding hydrogens is 170 g/mol. The maximum atomic E-state index is 8.29. The van der Waals surface area contributed by atoms with E-state index < -0.39 is 0 Å². The van der Waals surface area contributed by atoms with Crippen LogP contribution in [0.1, 0.15) is 25.7 Å². The molecule has 1 heterocycles. The van der Waals surface area contributed by atoms with Crippen LogP contribution in [-0.4, -0.2) is 17.7 Å². The largest absolute Gasteiger partial charge is 0.239 e. The molecule has 0 saturated carbocycles. The van der Waals surface area contributed by atoms with Crippen LogP contribution in [0.5, 0.6) is 0 Å². The molecule has 0 spiro atoms. The van der Waals surface area contributed by atoms with E-state index in [9.17, 15) is 0 Å². The topological polar surface area (TPSA) is 101 Å². The van der Waals surface area contributed by atoms with Crippen molar-refractivity contribution in [2.45, 2.75) is 31.8 Å². The van der Waals surface area contributed by atoms with Gasteiger partial charge < -0.3 is 0 Å². The summed E-state index contributed by atoms with van der Waals surface area (Å²) < 4.78 is 0. The summed E-state index contributed by atoms with van der Waals surface area (Å²) in [4.78, 5) is 5.43. The molecule has 0 N–H and O–H groups in total. The minimum Gasteiger partial charge on any atom is -0.239 e. The predicted octanol–water partition coefficient (Wildman–Crippen LogP) is 2.72. The summed E-state index contributed by atoms with van der Waals surface area (Å²) >= 11 is 0. The Kier molecular flexibility index (Phi) is 3.75. The van der Waals surface area contributed by atoms with Crippen molar-refractivity contribution in [1.82, 2.24) is 5.01 Å². The number of hydrogen-bond donors (Lipinski definition) is 0. The van der Waals surface area contributed by atoms with E-state index in [1.165, 1.54) is 5.01 Å². The van der Waals surface area contributed by atoms with Crippen LogP contribution in [0, 0.1) is 0 Å². The number of nitrogens with zero attached hydrogens (tertiary/aromatic N) is 7. The van der Waals surface area contributed by atoms with Gasteiger partial charge in [-0.25, -0.2) is 5.01 Å². The van der Waals surface area contributed by atoms with Gasteiger partial charge in [-0.2, -0.15) is 4.91 Å². The van der Waals surface area contributed by atoms with Gasteiger partial charge in [-0.3, -0.25) is 0 Å². The first kappa shape index (κ1) is 9.51. The summed E-state index contributed by atoms with van der Waals surface area (Å²) in [5.74, 6) is 0. The lowest BCUT2D eigenvalue weighted by Crippen LogP contribution is -2.27. The Hall–Kier alpha value is -1.58. The molecule has 0 aromatic heterocycles. The molecule has 0 bridgehead atoms. The molecule has 1 fully saturated rings. The van der Waals surface area contributed by atoms with Gasteiger partial charge in [-0.15, -0.1) is 5.53 Å². The molecule has 7 nitrogen and oxygen atoms in total. The third-order valence-electron chi connectivity index (χ3n) is 2.03. The number of hydrogen-bond acceptors (Lipinski definition) is 2. The fourth-order valence-corrected chi connectivity index (χ4v) is 1.41. The molecule has 0 aliphatic carbocycles. The lowest BCUT2D eigenvalue weighted by atomic mass is 10.2. The van der Waals surface area contributed by atoms with E-state index >= 15 is 0 Å². The van der Waals surface area contributed by atoms with Crippen molar-refractivity contribution in [3.8, 4) is 0 Å². The first-order chi connectivity index (χ1) is 6.38.